The van der Waals surface area contributed by atoms with Crippen LogP contribution in [-0.2, 0) is 6.42 Å². The van der Waals surface area contributed by atoms with E-state index < -0.39 is 5.97 Å². The van der Waals surface area contributed by atoms with Gasteiger partial charge in [-0.3, -0.25) is 0 Å². The lowest BCUT2D eigenvalue weighted by Crippen LogP contribution is -1.99. The molecule has 1 aromatic rings. The first-order valence-corrected chi connectivity index (χ1v) is 4.26. The van der Waals surface area contributed by atoms with Crippen molar-refractivity contribution in [2.24, 2.45) is 0 Å². The predicted molar refractivity (Wildman–Crippen MR) is 54.6 cm³/mol. The average molecular weight is 194 g/mol. The molecule has 3 heteroatoms. The molecule has 0 fully saturated rings. The van der Waals surface area contributed by atoms with E-state index in [1.165, 1.54) is 6.07 Å². The molecule has 0 saturated heterocycles. The van der Waals surface area contributed by atoms with Crippen molar-refractivity contribution in [3.63, 3.8) is 0 Å². The molecule has 0 saturated carbocycles. The summed E-state index contributed by atoms with van der Waals surface area (Å²) in [6.07, 6.45) is 2.36. The van der Waals surface area contributed by atoms with Gasteiger partial charge in [-0.15, -0.1) is 19.2 Å². The SMILES string of the molecule is C=CCc1cccc(C(=O)O)c1S. The number of allylic oxidation sites excluding steroid dienone is 1. The molecule has 68 valence electrons. The lowest BCUT2D eigenvalue weighted by Gasteiger charge is -2.04. The van der Waals surface area contributed by atoms with Crippen LogP contribution in [0.15, 0.2) is 35.7 Å². The van der Waals surface area contributed by atoms with Gasteiger partial charge in [-0.05, 0) is 18.1 Å². The maximum Gasteiger partial charge on any atom is 0.336 e. The maximum absolute atomic E-state index is 10.7. The molecule has 1 N–H and O–H groups in total. The van der Waals surface area contributed by atoms with Crippen molar-refractivity contribution in [3.05, 3.63) is 42.0 Å². The quantitative estimate of drug-likeness (QED) is 0.572. The summed E-state index contributed by atoms with van der Waals surface area (Å²) in [6, 6.07) is 5.09. The Labute approximate surface area is 82.3 Å². The number of thiol groups is 1. The molecule has 0 aliphatic heterocycles. The fourth-order valence-electron chi connectivity index (χ4n) is 1.08. The van der Waals surface area contributed by atoms with Gasteiger partial charge in [-0.1, -0.05) is 18.2 Å². The van der Waals surface area contributed by atoms with E-state index in [1.54, 1.807) is 12.1 Å². The number of aromatic carboxylic acids is 1. The van der Waals surface area contributed by atoms with Gasteiger partial charge in [-0.2, -0.15) is 0 Å². The van der Waals surface area contributed by atoms with Crippen molar-refractivity contribution in [2.75, 3.05) is 0 Å². The summed E-state index contributed by atoms with van der Waals surface area (Å²) in [4.78, 5) is 11.2. The molecule has 0 heterocycles. The van der Waals surface area contributed by atoms with Crippen molar-refractivity contribution in [1.82, 2.24) is 0 Å². The number of benzene rings is 1. The van der Waals surface area contributed by atoms with Crippen LogP contribution in [0.25, 0.3) is 0 Å². The summed E-state index contributed by atoms with van der Waals surface area (Å²) in [5.41, 5.74) is 1.13. The van der Waals surface area contributed by atoms with Gasteiger partial charge in [0.25, 0.3) is 0 Å². The van der Waals surface area contributed by atoms with Gasteiger partial charge in [0.2, 0.25) is 0 Å². The van der Waals surface area contributed by atoms with E-state index >= 15 is 0 Å². The van der Waals surface area contributed by atoms with Crippen molar-refractivity contribution in [1.29, 1.82) is 0 Å². The zero-order valence-corrected chi connectivity index (χ0v) is 7.92. The molecule has 1 aromatic carbocycles. The molecule has 0 atom stereocenters. The summed E-state index contributed by atoms with van der Waals surface area (Å²) < 4.78 is 0. The van der Waals surface area contributed by atoms with Crippen LogP contribution in [0.1, 0.15) is 15.9 Å². The molecule has 0 aliphatic rings. The topological polar surface area (TPSA) is 37.3 Å². The Morgan fingerprint density at radius 3 is 2.85 bits per heavy atom. The molecule has 0 aliphatic carbocycles. The standard InChI is InChI=1S/C10H10O2S/c1-2-4-7-5-3-6-8(9(7)13)10(11)12/h2-3,5-6,13H,1,4H2,(H,11,12). The molecule has 1 rings (SSSR count). The van der Waals surface area contributed by atoms with E-state index in [4.69, 9.17) is 5.11 Å². The van der Waals surface area contributed by atoms with Crippen LogP contribution in [-0.4, -0.2) is 11.1 Å². The summed E-state index contributed by atoms with van der Waals surface area (Å²) in [5.74, 6) is -0.948. The number of hydrogen-bond acceptors (Lipinski definition) is 2. The molecule has 0 unspecified atom stereocenters. The van der Waals surface area contributed by atoms with Gasteiger partial charge in [-0.25, -0.2) is 4.79 Å². The van der Waals surface area contributed by atoms with E-state index in [0.717, 1.165) is 5.56 Å². The molecule has 0 radical (unpaired) electrons. The number of carboxylic acids is 1. The highest BCUT2D eigenvalue weighted by molar-refractivity contribution is 7.80. The summed E-state index contributed by atoms with van der Waals surface area (Å²) >= 11 is 4.16. The van der Waals surface area contributed by atoms with Gasteiger partial charge in [0.15, 0.2) is 0 Å². The van der Waals surface area contributed by atoms with Crippen molar-refractivity contribution in [3.8, 4) is 0 Å². The first kappa shape index (κ1) is 9.86. The Morgan fingerprint density at radius 1 is 1.62 bits per heavy atom. The molecular formula is C10H10O2S. The minimum Gasteiger partial charge on any atom is -0.478 e. The number of hydrogen-bond donors (Lipinski definition) is 2. The normalized spacial score (nSPS) is 9.62. The molecular weight excluding hydrogens is 184 g/mol. The minimum absolute atomic E-state index is 0.239. The van der Waals surface area contributed by atoms with Crippen molar-refractivity contribution in [2.45, 2.75) is 11.3 Å². The number of rotatable bonds is 3. The smallest absolute Gasteiger partial charge is 0.336 e. The molecule has 0 bridgehead atoms. The minimum atomic E-state index is -0.948. The first-order valence-electron chi connectivity index (χ1n) is 3.82. The third-order valence-electron chi connectivity index (χ3n) is 1.71. The Kier molecular flexibility index (Phi) is 3.14. The Morgan fingerprint density at radius 2 is 2.31 bits per heavy atom. The van der Waals surface area contributed by atoms with E-state index in [2.05, 4.69) is 19.2 Å². The second kappa shape index (κ2) is 4.14. The van der Waals surface area contributed by atoms with Gasteiger partial charge in [0, 0.05) is 4.90 Å². The lowest BCUT2D eigenvalue weighted by molar-refractivity contribution is 0.0693. The zero-order chi connectivity index (χ0) is 9.84. The highest BCUT2D eigenvalue weighted by Gasteiger charge is 2.09. The second-order valence-electron chi connectivity index (χ2n) is 2.61. The van der Waals surface area contributed by atoms with E-state index in [9.17, 15) is 4.79 Å². The fourth-order valence-corrected chi connectivity index (χ4v) is 1.42. The Hall–Kier alpha value is -1.22. The Balaban J connectivity index is 3.17. The first-order chi connectivity index (χ1) is 6.16. The highest BCUT2D eigenvalue weighted by Crippen LogP contribution is 2.19. The maximum atomic E-state index is 10.7. The summed E-state index contributed by atoms with van der Waals surface area (Å²) in [5, 5.41) is 8.78. The molecule has 0 amide bonds. The molecule has 0 aromatic heterocycles. The fraction of sp³-hybridized carbons (Fsp3) is 0.100. The van der Waals surface area contributed by atoms with Crippen LogP contribution >= 0.6 is 12.6 Å². The Bertz CT molecular complexity index is 345. The van der Waals surface area contributed by atoms with Crippen molar-refractivity contribution >= 4 is 18.6 Å². The van der Waals surface area contributed by atoms with Crippen LogP contribution in [0.4, 0.5) is 0 Å². The second-order valence-corrected chi connectivity index (χ2v) is 3.06. The van der Waals surface area contributed by atoms with Crippen LogP contribution < -0.4 is 0 Å². The van der Waals surface area contributed by atoms with E-state index in [0.29, 0.717) is 11.3 Å². The number of carboxylic acid groups (broad SMARTS) is 1. The van der Waals surface area contributed by atoms with Gasteiger partial charge in [0.05, 0.1) is 5.56 Å². The van der Waals surface area contributed by atoms with Crippen LogP contribution in [0.2, 0.25) is 0 Å². The molecule has 2 nitrogen and oxygen atoms in total. The van der Waals surface area contributed by atoms with Crippen LogP contribution in [0.3, 0.4) is 0 Å². The van der Waals surface area contributed by atoms with Crippen LogP contribution in [0, 0.1) is 0 Å². The monoisotopic (exact) mass is 194 g/mol. The third kappa shape index (κ3) is 2.12. The highest BCUT2D eigenvalue weighted by atomic mass is 32.1. The zero-order valence-electron chi connectivity index (χ0n) is 7.03. The lowest BCUT2D eigenvalue weighted by atomic mass is 10.1. The summed E-state index contributed by atoms with van der Waals surface area (Å²) in [6.45, 7) is 3.59. The number of carbonyl (C=O) groups is 1. The van der Waals surface area contributed by atoms with Gasteiger partial charge in [0.1, 0.15) is 0 Å². The average Bonchev–Trinajstić information content (AvgIpc) is 2.08. The van der Waals surface area contributed by atoms with Gasteiger partial charge >= 0.3 is 5.97 Å². The van der Waals surface area contributed by atoms with Gasteiger partial charge < -0.3 is 5.11 Å². The van der Waals surface area contributed by atoms with E-state index in [-0.39, 0.29) is 5.56 Å². The third-order valence-corrected chi connectivity index (χ3v) is 2.24. The molecule has 13 heavy (non-hydrogen) atoms. The largest absolute Gasteiger partial charge is 0.478 e. The van der Waals surface area contributed by atoms with Crippen LogP contribution in [0.5, 0.6) is 0 Å². The molecule has 0 spiro atoms. The van der Waals surface area contributed by atoms with Crippen molar-refractivity contribution < 1.29 is 9.90 Å². The summed E-state index contributed by atoms with van der Waals surface area (Å²) in [7, 11) is 0. The van der Waals surface area contributed by atoms with E-state index in [1.807, 2.05) is 6.07 Å². The predicted octanol–water partition coefficient (Wildman–Crippen LogP) is 2.40.